The Morgan fingerprint density at radius 2 is 1.95 bits per heavy atom. The number of urea groups is 1. The third kappa shape index (κ3) is 5.01. The molecule has 1 saturated carbocycles. The summed E-state index contributed by atoms with van der Waals surface area (Å²) in [7, 11) is 0. The van der Waals surface area contributed by atoms with Crippen LogP contribution in [0.4, 0.5) is 18.0 Å². The van der Waals surface area contributed by atoms with E-state index in [9.17, 15) is 23.1 Å². The van der Waals surface area contributed by atoms with Gasteiger partial charge in [-0.05, 0) is 19.3 Å². The Kier molecular flexibility index (Phi) is 5.55. The van der Waals surface area contributed by atoms with E-state index in [1.54, 1.807) is 0 Å². The maximum absolute atomic E-state index is 12.7. The monoisotopic (exact) mass is 324 g/mol. The van der Waals surface area contributed by atoms with E-state index in [1.807, 2.05) is 0 Å². The fraction of sp³-hybridized carbons (Fsp3) is 0.929. The lowest BCUT2D eigenvalue weighted by Crippen LogP contribution is -2.51. The number of carbonyl (C=O) groups is 1. The summed E-state index contributed by atoms with van der Waals surface area (Å²) < 4.78 is 43.3. The Bertz CT molecular complexity index is 384. The molecule has 0 bridgehead atoms. The minimum atomic E-state index is -4.20. The minimum absolute atomic E-state index is 0.0744. The Balaban J connectivity index is 1.74. The van der Waals surface area contributed by atoms with Gasteiger partial charge in [0.25, 0.3) is 0 Å². The van der Waals surface area contributed by atoms with Crippen LogP contribution in [0.25, 0.3) is 0 Å². The Morgan fingerprint density at radius 1 is 1.27 bits per heavy atom. The molecule has 5 nitrogen and oxygen atoms in total. The van der Waals surface area contributed by atoms with Crippen LogP contribution in [0, 0.1) is 5.92 Å². The second-order valence-corrected chi connectivity index (χ2v) is 6.27. The van der Waals surface area contributed by atoms with Gasteiger partial charge in [-0.15, -0.1) is 0 Å². The highest BCUT2D eigenvalue weighted by Crippen LogP contribution is 2.37. The Hall–Kier alpha value is -1.02. The van der Waals surface area contributed by atoms with E-state index in [-0.39, 0.29) is 19.4 Å². The molecule has 0 radical (unpaired) electrons. The van der Waals surface area contributed by atoms with E-state index in [1.165, 1.54) is 0 Å². The highest BCUT2D eigenvalue weighted by Gasteiger charge is 2.42. The van der Waals surface area contributed by atoms with Crippen LogP contribution < -0.4 is 10.6 Å². The smallest absolute Gasteiger partial charge is 0.388 e. The minimum Gasteiger partial charge on any atom is -0.388 e. The summed E-state index contributed by atoms with van der Waals surface area (Å²) in [4.78, 5) is 11.8. The molecule has 0 aromatic rings. The first kappa shape index (κ1) is 17.3. The van der Waals surface area contributed by atoms with Crippen LogP contribution in [0.15, 0.2) is 0 Å². The van der Waals surface area contributed by atoms with Crippen molar-refractivity contribution >= 4 is 6.03 Å². The molecule has 128 valence electrons. The molecule has 1 heterocycles. The van der Waals surface area contributed by atoms with Crippen molar-refractivity contribution in [2.75, 3.05) is 19.8 Å². The van der Waals surface area contributed by atoms with Crippen molar-refractivity contribution < 1.29 is 27.8 Å². The van der Waals surface area contributed by atoms with Crippen molar-refractivity contribution in [3.8, 4) is 0 Å². The molecule has 0 spiro atoms. The summed E-state index contributed by atoms with van der Waals surface area (Å²) >= 11 is 0. The summed E-state index contributed by atoms with van der Waals surface area (Å²) in [5.74, 6) is -1.34. The van der Waals surface area contributed by atoms with E-state index in [0.29, 0.717) is 38.9 Å². The molecule has 2 fully saturated rings. The van der Waals surface area contributed by atoms with Crippen LogP contribution in [-0.2, 0) is 4.74 Å². The molecule has 2 amide bonds. The molecule has 2 unspecified atom stereocenters. The van der Waals surface area contributed by atoms with E-state index in [0.717, 1.165) is 0 Å². The van der Waals surface area contributed by atoms with Gasteiger partial charge in [0.15, 0.2) is 0 Å². The number of amides is 2. The molecule has 3 N–H and O–H groups in total. The lowest BCUT2D eigenvalue weighted by molar-refractivity contribution is -0.183. The first-order valence-electron chi connectivity index (χ1n) is 7.70. The summed E-state index contributed by atoms with van der Waals surface area (Å²) in [5, 5.41) is 15.3. The van der Waals surface area contributed by atoms with Gasteiger partial charge < -0.3 is 20.5 Å². The number of halogens is 3. The molecule has 0 aromatic heterocycles. The Morgan fingerprint density at radius 3 is 2.59 bits per heavy atom. The van der Waals surface area contributed by atoms with E-state index in [4.69, 9.17) is 4.74 Å². The average Bonchev–Trinajstić information content (AvgIpc) is 2.46. The maximum Gasteiger partial charge on any atom is 0.391 e. The molecule has 1 saturated heterocycles. The van der Waals surface area contributed by atoms with Crippen molar-refractivity contribution in [2.45, 2.75) is 56.3 Å². The number of hydrogen-bond donors (Lipinski definition) is 3. The number of nitrogens with one attached hydrogen (secondary N) is 2. The molecule has 2 rings (SSSR count). The maximum atomic E-state index is 12.7. The van der Waals surface area contributed by atoms with E-state index < -0.39 is 29.8 Å². The number of aliphatic hydroxyl groups is 1. The van der Waals surface area contributed by atoms with Crippen LogP contribution in [0.5, 0.6) is 0 Å². The summed E-state index contributed by atoms with van der Waals surface area (Å²) in [5.41, 5.74) is -0.989. The normalized spacial score (nSPS) is 28.9. The molecule has 0 aromatic carbocycles. The predicted molar refractivity (Wildman–Crippen MR) is 73.3 cm³/mol. The number of alkyl halides is 3. The van der Waals surface area contributed by atoms with Gasteiger partial charge in [-0.2, -0.15) is 13.2 Å². The van der Waals surface area contributed by atoms with Gasteiger partial charge >= 0.3 is 12.2 Å². The fourth-order valence-corrected chi connectivity index (χ4v) is 3.03. The topological polar surface area (TPSA) is 70.6 Å². The summed E-state index contributed by atoms with van der Waals surface area (Å²) in [6.45, 7) is 0.961. The van der Waals surface area contributed by atoms with Crippen molar-refractivity contribution in [3.63, 3.8) is 0 Å². The van der Waals surface area contributed by atoms with Gasteiger partial charge in [0.1, 0.15) is 0 Å². The van der Waals surface area contributed by atoms with Gasteiger partial charge in [-0.3, -0.25) is 0 Å². The third-order valence-corrected chi connectivity index (χ3v) is 4.47. The zero-order chi connectivity index (χ0) is 16.2. The molecule has 1 aliphatic heterocycles. The summed E-state index contributed by atoms with van der Waals surface area (Å²) in [6, 6.07) is -0.988. The van der Waals surface area contributed by atoms with Crippen LogP contribution in [-0.4, -0.2) is 48.7 Å². The molecule has 8 heteroatoms. The zero-order valence-electron chi connectivity index (χ0n) is 12.4. The first-order chi connectivity index (χ1) is 10.3. The van der Waals surface area contributed by atoms with Gasteiger partial charge in [-0.1, -0.05) is 6.42 Å². The SMILES string of the molecule is O=C(NCC1(O)CCOCC1)NC1CCCC(C(F)(F)F)C1. The molecule has 2 aliphatic rings. The highest BCUT2D eigenvalue weighted by atomic mass is 19.4. The largest absolute Gasteiger partial charge is 0.391 e. The van der Waals surface area contributed by atoms with Crippen LogP contribution >= 0.6 is 0 Å². The van der Waals surface area contributed by atoms with E-state index in [2.05, 4.69) is 10.6 Å². The molecule has 1 aliphatic carbocycles. The second-order valence-electron chi connectivity index (χ2n) is 6.27. The highest BCUT2D eigenvalue weighted by molar-refractivity contribution is 5.74. The van der Waals surface area contributed by atoms with Crippen molar-refractivity contribution in [1.29, 1.82) is 0 Å². The van der Waals surface area contributed by atoms with Gasteiger partial charge in [-0.25, -0.2) is 4.79 Å². The lowest BCUT2D eigenvalue weighted by atomic mass is 9.85. The molecule has 2 atom stereocenters. The number of carbonyl (C=O) groups excluding carboxylic acids is 1. The number of rotatable bonds is 3. The van der Waals surface area contributed by atoms with Crippen LogP contribution in [0.1, 0.15) is 38.5 Å². The fourth-order valence-electron chi connectivity index (χ4n) is 3.03. The Labute approximate surface area is 127 Å². The van der Waals surface area contributed by atoms with Gasteiger partial charge in [0.05, 0.1) is 11.5 Å². The first-order valence-corrected chi connectivity index (χ1v) is 7.70. The quantitative estimate of drug-likeness (QED) is 0.743. The van der Waals surface area contributed by atoms with Gasteiger partial charge in [0.2, 0.25) is 0 Å². The second kappa shape index (κ2) is 7.04. The standard InChI is InChI=1S/C14H23F3N2O3/c15-14(16,17)10-2-1-3-11(8-10)19-12(20)18-9-13(21)4-6-22-7-5-13/h10-11,21H,1-9H2,(H2,18,19,20). The van der Waals surface area contributed by atoms with Crippen LogP contribution in [0.2, 0.25) is 0 Å². The van der Waals surface area contributed by atoms with Crippen molar-refractivity contribution in [3.05, 3.63) is 0 Å². The van der Waals surface area contributed by atoms with Crippen molar-refractivity contribution in [2.24, 2.45) is 5.92 Å². The number of hydrogen-bond acceptors (Lipinski definition) is 3. The van der Waals surface area contributed by atoms with Crippen LogP contribution in [0.3, 0.4) is 0 Å². The summed E-state index contributed by atoms with van der Waals surface area (Å²) in [6.07, 6.45) is -2.26. The molecular formula is C14H23F3N2O3. The molecular weight excluding hydrogens is 301 g/mol. The average molecular weight is 324 g/mol. The zero-order valence-corrected chi connectivity index (χ0v) is 12.4. The third-order valence-electron chi connectivity index (χ3n) is 4.47. The van der Waals surface area contributed by atoms with E-state index >= 15 is 0 Å². The molecule has 22 heavy (non-hydrogen) atoms. The van der Waals surface area contributed by atoms with Gasteiger partial charge in [0, 0.05) is 38.6 Å². The lowest BCUT2D eigenvalue weighted by Gasteiger charge is -2.33. The predicted octanol–water partition coefficient (Wildman–Crippen LogP) is 1.95. The van der Waals surface area contributed by atoms with Crippen molar-refractivity contribution in [1.82, 2.24) is 10.6 Å². The number of ether oxygens (including phenoxy) is 1.